The Bertz CT molecular complexity index is 1040. The molecule has 2 N–H and O–H groups in total. The van der Waals surface area contributed by atoms with Crippen LogP contribution >= 0.6 is 24.0 Å². The first kappa shape index (κ1) is 24.4. The molecule has 3 aromatic rings. The van der Waals surface area contributed by atoms with Crippen molar-refractivity contribution in [3.05, 3.63) is 71.6 Å². The molecule has 0 saturated heterocycles. The molecule has 2 aromatic carbocycles. The van der Waals surface area contributed by atoms with Crippen LogP contribution in [-0.4, -0.2) is 36.8 Å². The predicted molar refractivity (Wildman–Crippen MR) is 130 cm³/mol. The summed E-state index contributed by atoms with van der Waals surface area (Å²) in [5.74, 6) is 2.49. The van der Waals surface area contributed by atoms with Crippen molar-refractivity contribution in [3.63, 3.8) is 0 Å². The summed E-state index contributed by atoms with van der Waals surface area (Å²) in [6.45, 7) is 2.78. The van der Waals surface area contributed by atoms with E-state index in [-0.39, 0.29) is 29.8 Å². The number of benzene rings is 2. The number of nitrogens with one attached hydrogen (secondary N) is 2. The summed E-state index contributed by atoms with van der Waals surface area (Å²) in [6.07, 6.45) is 3.39. The minimum Gasteiger partial charge on any atom is -0.497 e. The van der Waals surface area contributed by atoms with E-state index in [0.29, 0.717) is 24.7 Å². The minimum absolute atomic E-state index is 0. The molecule has 0 fully saturated rings. The molecule has 0 bridgehead atoms. The van der Waals surface area contributed by atoms with E-state index in [1.165, 1.54) is 6.07 Å². The van der Waals surface area contributed by atoms with Crippen molar-refractivity contribution in [2.75, 3.05) is 21.3 Å². The SMILES string of the molecule is CN=C(NCc1ccc(-n2ccnc2C)c(F)c1)NCc1ccc(OC)cc1OC.I. The zero-order valence-electron chi connectivity index (χ0n) is 18.0. The Balaban J connectivity index is 0.00000341. The molecule has 1 aromatic heterocycles. The number of aliphatic imine (C=N–C) groups is 1. The minimum atomic E-state index is -0.304. The van der Waals surface area contributed by atoms with Crippen LogP contribution in [0.1, 0.15) is 17.0 Å². The van der Waals surface area contributed by atoms with Gasteiger partial charge in [-0.3, -0.25) is 4.99 Å². The van der Waals surface area contributed by atoms with Crippen molar-refractivity contribution in [1.82, 2.24) is 20.2 Å². The van der Waals surface area contributed by atoms with Crippen molar-refractivity contribution in [2.24, 2.45) is 4.99 Å². The molecule has 0 aliphatic heterocycles. The third-order valence-electron chi connectivity index (χ3n) is 4.72. The maximum absolute atomic E-state index is 14.6. The molecule has 0 unspecified atom stereocenters. The molecule has 0 atom stereocenters. The Hall–Kier alpha value is -2.82. The summed E-state index contributed by atoms with van der Waals surface area (Å²) >= 11 is 0. The van der Waals surface area contributed by atoms with Gasteiger partial charge in [-0.05, 0) is 36.8 Å². The van der Waals surface area contributed by atoms with Crippen LogP contribution in [-0.2, 0) is 13.1 Å². The predicted octanol–water partition coefficient (Wildman–Crippen LogP) is 3.82. The number of methoxy groups -OCH3 is 2. The zero-order valence-corrected chi connectivity index (χ0v) is 20.3. The van der Waals surface area contributed by atoms with Gasteiger partial charge in [0.15, 0.2) is 5.96 Å². The summed E-state index contributed by atoms with van der Waals surface area (Å²) in [6, 6.07) is 10.8. The quantitative estimate of drug-likeness (QED) is 0.272. The van der Waals surface area contributed by atoms with Crippen LogP contribution in [0.5, 0.6) is 11.5 Å². The fourth-order valence-corrected chi connectivity index (χ4v) is 3.07. The van der Waals surface area contributed by atoms with Crippen molar-refractivity contribution in [3.8, 4) is 17.2 Å². The molecule has 0 aliphatic rings. The Labute approximate surface area is 198 Å². The molecular formula is C22H27FIN5O2. The van der Waals surface area contributed by atoms with Gasteiger partial charge >= 0.3 is 0 Å². The number of aromatic nitrogens is 2. The van der Waals surface area contributed by atoms with Gasteiger partial charge in [-0.1, -0.05) is 6.07 Å². The number of nitrogens with zero attached hydrogens (tertiary/aromatic N) is 3. The lowest BCUT2D eigenvalue weighted by molar-refractivity contribution is 0.390. The van der Waals surface area contributed by atoms with Crippen molar-refractivity contribution < 1.29 is 13.9 Å². The first-order valence-electron chi connectivity index (χ1n) is 9.50. The van der Waals surface area contributed by atoms with E-state index < -0.39 is 0 Å². The maximum Gasteiger partial charge on any atom is 0.191 e. The molecule has 3 rings (SSSR count). The van der Waals surface area contributed by atoms with Gasteiger partial charge in [0, 0.05) is 44.2 Å². The van der Waals surface area contributed by atoms with Crippen LogP contribution in [0.25, 0.3) is 5.69 Å². The van der Waals surface area contributed by atoms with Gasteiger partial charge in [0.05, 0.1) is 19.9 Å². The highest BCUT2D eigenvalue weighted by molar-refractivity contribution is 14.0. The normalized spacial score (nSPS) is 10.9. The molecule has 0 radical (unpaired) electrons. The highest BCUT2D eigenvalue weighted by Crippen LogP contribution is 2.24. The van der Waals surface area contributed by atoms with E-state index >= 15 is 0 Å². The molecule has 31 heavy (non-hydrogen) atoms. The average molecular weight is 539 g/mol. The van der Waals surface area contributed by atoms with Gasteiger partial charge in [-0.2, -0.15) is 0 Å². The van der Waals surface area contributed by atoms with Crippen molar-refractivity contribution in [2.45, 2.75) is 20.0 Å². The number of aryl methyl sites for hydroxylation is 1. The third-order valence-corrected chi connectivity index (χ3v) is 4.72. The second-order valence-electron chi connectivity index (χ2n) is 6.59. The Morgan fingerprint density at radius 3 is 2.48 bits per heavy atom. The standard InChI is InChI=1S/C22H26FN5O2.HI/c1-15-25-9-10-28(15)20-8-5-16(11-19(20)23)13-26-22(24-2)27-14-17-6-7-18(29-3)12-21(17)30-4;/h5-12H,13-14H2,1-4H3,(H2,24,26,27);1H. The first-order valence-corrected chi connectivity index (χ1v) is 9.50. The molecule has 166 valence electrons. The topological polar surface area (TPSA) is 72.7 Å². The number of ether oxygens (including phenoxy) is 2. The number of halogens is 2. The number of hydrogen-bond donors (Lipinski definition) is 2. The molecule has 0 saturated carbocycles. The van der Waals surface area contributed by atoms with Gasteiger partial charge in [0.1, 0.15) is 23.1 Å². The van der Waals surface area contributed by atoms with E-state index in [4.69, 9.17) is 9.47 Å². The molecule has 0 spiro atoms. The van der Waals surface area contributed by atoms with Crippen LogP contribution in [0.15, 0.2) is 53.8 Å². The first-order chi connectivity index (χ1) is 14.5. The lowest BCUT2D eigenvalue weighted by Crippen LogP contribution is -2.36. The number of imidazole rings is 1. The van der Waals surface area contributed by atoms with E-state index in [0.717, 1.165) is 28.5 Å². The molecular weight excluding hydrogens is 512 g/mol. The third kappa shape index (κ3) is 6.09. The largest absolute Gasteiger partial charge is 0.497 e. The highest BCUT2D eigenvalue weighted by atomic mass is 127. The molecule has 0 amide bonds. The monoisotopic (exact) mass is 539 g/mol. The average Bonchev–Trinajstić information content (AvgIpc) is 3.19. The number of rotatable bonds is 7. The highest BCUT2D eigenvalue weighted by Gasteiger charge is 2.09. The number of hydrogen-bond acceptors (Lipinski definition) is 4. The van der Waals surface area contributed by atoms with E-state index in [1.807, 2.05) is 31.2 Å². The second-order valence-corrected chi connectivity index (χ2v) is 6.59. The smallest absolute Gasteiger partial charge is 0.191 e. The maximum atomic E-state index is 14.6. The van der Waals surface area contributed by atoms with Gasteiger partial charge < -0.3 is 24.7 Å². The molecule has 0 aliphatic carbocycles. The van der Waals surface area contributed by atoms with Gasteiger partial charge in [-0.25, -0.2) is 9.37 Å². The Morgan fingerprint density at radius 1 is 1.10 bits per heavy atom. The fraction of sp³-hybridized carbons (Fsp3) is 0.273. The molecule has 9 heteroatoms. The van der Waals surface area contributed by atoms with E-state index in [9.17, 15) is 4.39 Å². The van der Waals surface area contributed by atoms with Gasteiger partial charge in [-0.15, -0.1) is 24.0 Å². The Morgan fingerprint density at radius 2 is 1.87 bits per heavy atom. The summed E-state index contributed by atoms with van der Waals surface area (Å²) in [7, 11) is 4.92. The lowest BCUT2D eigenvalue weighted by atomic mass is 10.2. The van der Waals surface area contributed by atoms with E-state index in [2.05, 4.69) is 20.6 Å². The van der Waals surface area contributed by atoms with Crippen LogP contribution in [0, 0.1) is 12.7 Å². The van der Waals surface area contributed by atoms with Crippen LogP contribution in [0.4, 0.5) is 4.39 Å². The van der Waals surface area contributed by atoms with Crippen LogP contribution in [0.2, 0.25) is 0 Å². The fourth-order valence-electron chi connectivity index (χ4n) is 3.07. The molecule has 1 heterocycles. The summed E-state index contributed by atoms with van der Waals surface area (Å²) < 4.78 is 26.9. The number of guanidine groups is 1. The van der Waals surface area contributed by atoms with Crippen molar-refractivity contribution >= 4 is 29.9 Å². The summed E-state index contributed by atoms with van der Waals surface area (Å²) in [5, 5.41) is 6.43. The summed E-state index contributed by atoms with van der Waals surface area (Å²) in [5.41, 5.74) is 2.24. The van der Waals surface area contributed by atoms with Gasteiger partial charge in [0.25, 0.3) is 0 Å². The second kappa shape index (κ2) is 11.5. The van der Waals surface area contributed by atoms with E-state index in [1.54, 1.807) is 44.3 Å². The summed E-state index contributed by atoms with van der Waals surface area (Å²) in [4.78, 5) is 8.36. The zero-order chi connectivity index (χ0) is 21.5. The Kier molecular flexibility index (Phi) is 9.10. The van der Waals surface area contributed by atoms with Gasteiger partial charge in [0.2, 0.25) is 0 Å². The van der Waals surface area contributed by atoms with Crippen molar-refractivity contribution in [1.29, 1.82) is 0 Å². The van der Waals surface area contributed by atoms with Crippen LogP contribution in [0.3, 0.4) is 0 Å². The van der Waals surface area contributed by atoms with Crippen LogP contribution < -0.4 is 20.1 Å². The molecule has 7 nitrogen and oxygen atoms in total. The lowest BCUT2D eigenvalue weighted by Gasteiger charge is -2.15.